The van der Waals surface area contributed by atoms with Crippen LogP contribution in [0.4, 0.5) is 0 Å². The van der Waals surface area contributed by atoms with Crippen LogP contribution in [0.2, 0.25) is 0 Å². The van der Waals surface area contributed by atoms with Crippen LogP contribution in [0.5, 0.6) is 0 Å². The number of aromatic nitrogens is 1. The van der Waals surface area contributed by atoms with E-state index in [0.717, 1.165) is 0 Å². The van der Waals surface area contributed by atoms with Crippen LogP contribution in [-0.2, 0) is 6.42 Å². The third-order valence-corrected chi connectivity index (χ3v) is 10.8. The molecule has 0 amide bonds. The number of rotatable bonds is 8. The molecule has 1 heteroatoms. The zero-order chi connectivity index (χ0) is 41.2. The molecule has 1 aromatic heterocycles. The Morgan fingerprint density at radius 2 is 0.712 bits per heavy atom. The number of hydrogen-bond donors (Lipinski definition) is 0. The van der Waals surface area contributed by atoms with Crippen LogP contribution in [0.3, 0.4) is 0 Å². The molecule has 0 saturated heterocycles. The second-order valence-corrected chi connectivity index (χ2v) is 15.1. The summed E-state index contributed by atoms with van der Waals surface area (Å²) in [6.45, 7) is 10.9. The predicted molar refractivity (Wildman–Crippen MR) is 259 cm³/mol. The summed E-state index contributed by atoms with van der Waals surface area (Å²) >= 11 is 0. The Morgan fingerprint density at radius 1 is 0.339 bits per heavy atom. The third kappa shape index (κ3) is 11.2. The number of aryl methyl sites for hydroxylation is 3. The number of para-hydroxylation sites is 2. The molecular formula is C58H59N. The molecule has 59 heavy (non-hydrogen) atoms. The molecule has 0 N–H and O–H groups in total. The smallest absolute Gasteiger partial charge is 0.0541 e. The second kappa shape index (κ2) is 21.9. The number of benzene rings is 8. The van der Waals surface area contributed by atoms with Crippen LogP contribution >= 0.6 is 0 Å². The summed E-state index contributed by atoms with van der Waals surface area (Å²) in [7, 11) is 0. The first-order valence-corrected chi connectivity index (χ1v) is 21.4. The van der Waals surface area contributed by atoms with Gasteiger partial charge in [-0.15, -0.1) is 0 Å². The first-order chi connectivity index (χ1) is 29.0. The van der Waals surface area contributed by atoms with E-state index in [1.807, 2.05) is 12.1 Å². The van der Waals surface area contributed by atoms with Gasteiger partial charge in [0, 0.05) is 16.5 Å². The Bertz CT molecular complexity index is 2460. The minimum absolute atomic E-state index is 1.17. The first-order valence-electron chi connectivity index (χ1n) is 21.4. The Morgan fingerprint density at radius 3 is 1.14 bits per heavy atom. The number of hydrogen-bond acceptors (Lipinski definition) is 0. The van der Waals surface area contributed by atoms with Crippen molar-refractivity contribution in [2.24, 2.45) is 0 Å². The molecule has 1 nitrogen and oxygen atoms in total. The van der Waals surface area contributed by atoms with Gasteiger partial charge >= 0.3 is 0 Å². The van der Waals surface area contributed by atoms with Crippen molar-refractivity contribution in [3.05, 3.63) is 223 Å². The Hall–Kier alpha value is -6.44. The van der Waals surface area contributed by atoms with Crippen LogP contribution in [0, 0.1) is 13.8 Å². The van der Waals surface area contributed by atoms with Crippen LogP contribution in [0.1, 0.15) is 63.1 Å². The lowest BCUT2D eigenvalue weighted by Crippen LogP contribution is -1.93. The summed E-state index contributed by atoms with van der Waals surface area (Å²) in [6.07, 6.45) is 6.31. The largest absolute Gasteiger partial charge is 0.309 e. The minimum Gasteiger partial charge on any atom is -0.309 e. The van der Waals surface area contributed by atoms with Gasteiger partial charge in [-0.05, 0) is 101 Å². The molecule has 0 saturated carbocycles. The summed E-state index contributed by atoms with van der Waals surface area (Å²) in [5.41, 5.74) is 15.6. The van der Waals surface area contributed by atoms with Crippen molar-refractivity contribution < 1.29 is 0 Å². The van der Waals surface area contributed by atoms with Gasteiger partial charge in [0.05, 0.1) is 11.0 Å². The van der Waals surface area contributed by atoms with E-state index in [0.29, 0.717) is 0 Å². The van der Waals surface area contributed by atoms with Crippen molar-refractivity contribution in [1.82, 2.24) is 4.57 Å². The lowest BCUT2D eigenvalue weighted by molar-refractivity contribution is 0.795. The molecule has 8 aromatic carbocycles. The summed E-state index contributed by atoms with van der Waals surface area (Å²) in [6, 6.07) is 73.1. The summed E-state index contributed by atoms with van der Waals surface area (Å²) in [4.78, 5) is 0. The highest BCUT2D eigenvalue weighted by Gasteiger charge is 2.11. The highest BCUT2D eigenvalue weighted by molar-refractivity contribution is 6.09. The fourth-order valence-corrected chi connectivity index (χ4v) is 7.26. The van der Waals surface area contributed by atoms with Crippen molar-refractivity contribution in [2.75, 3.05) is 0 Å². The summed E-state index contributed by atoms with van der Waals surface area (Å²) in [5.74, 6) is 0. The fraction of sp³-hybridized carbons (Fsp3) is 0.172. The Kier molecular flexibility index (Phi) is 15.7. The Balaban J connectivity index is 0.000000161. The molecule has 296 valence electrons. The van der Waals surface area contributed by atoms with E-state index in [1.54, 1.807) is 0 Å². The van der Waals surface area contributed by atoms with Crippen molar-refractivity contribution >= 4 is 21.8 Å². The van der Waals surface area contributed by atoms with Gasteiger partial charge in [-0.25, -0.2) is 0 Å². The van der Waals surface area contributed by atoms with E-state index in [2.05, 4.69) is 233 Å². The zero-order valence-corrected chi connectivity index (χ0v) is 35.6. The first kappa shape index (κ1) is 42.2. The lowest BCUT2D eigenvalue weighted by atomic mass is 9.97. The van der Waals surface area contributed by atoms with E-state index in [4.69, 9.17) is 0 Å². The molecular weight excluding hydrogens is 711 g/mol. The average Bonchev–Trinajstić information content (AvgIpc) is 3.64. The molecule has 9 aromatic rings. The zero-order valence-electron chi connectivity index (χ0n) is 35.6. The van der Waals surface area contributed by atoms with Gasteiger partial charge < -0.3 is 4.57 Å². The minimum atomic E-state index is 1.17. The maximum absolute atomic E-state index is 2.36. The van der Waals surface area contributed by atoms with E-state index in [-0.39, 0.29) is 0 Å². The molecule has 0 aliphatic heterocycles. The molecule has 9 rings (SSSR count). The lowest BCUT2D eigenvalue weighted by Gasteiger charge is -2.10. The van der Waals surface area contributed by atoms with Crippen molar-refractivity contribution in [1.29, 1.82) is 0 Å². The van der Waals surface area contributed by atoms with Crippen molar-refractivity contribution in [2.45, 2.75) is 66.7 Å². The maximum Gasteiger partial charge on any atom is 0.0541 e. The molecule has 0 unspecified atom stereocenters. The van der Waals surface area contributed by atoms with Gasteiger partial charge in [0.1, 0.15) is 0 Å². The van der Waals surface area contributed by atoms with E-state index in [1.165, 1.54) is 110 Å². The number of unbranched alkanes of at least 4 members (excludes halogenated alkanes) is 2. The van der Waals surface area contributed by atoms with Crippen LogP contribution in [0.15, 0.2) is 206 Å². The van der Waals surface area contributed by atoms with Crippen LogP contribution in [0.25, 0.3) is 60.9 Å². The fourth-order valence-electron chi connectivity index (χ4n) is 7.26. The highest BCUT2D eigenvalue weighted by atomic mass is 15.0. The Labute approximate surface area is 353 Å². The summed E-state index contributed by atoms with van der Waals surface area (Å²) in [5, 5.41) is 2.60. The predicted octanol–water partition coefficient (Wildman–Crippen LogP) is 16.9. The van der Waals surface area contributed by atoms with Crippen molar-refractivity contribution in [3.8, 4) is 39.1 Å². The monoisotopic (exact) mass is 769 g/mol. The van der Waals surface area contributed by atoms with Crippen LogP contribution < -0.4 is 0 Å². The quantitative estimate of drug-likeness (QED) is 0.145. The summed E-state index contributed by atoms with van der Waals surface area (Å²) < 4.78 is 2.36. The molecule has 0 bridgehead atoms. The van der Waals surface area contributed by atoms with Gasteiger partial charge in [0.15, 0.2) is 0 Å². The van der Waals surface area contributed by atoms with Crippen molar-refractivity contribution in [3.63, 3.8) is 0 Å². The third-order valence-electron chi connectivity index (χ3n) is 10.8. The van der Waals surface area contributed by atoms with Gasteiger partial charge in [0.2, 0.25) is 0 Å². The van der Waals surface area contributed by atoms with Gasteiger partial charge in [-0.2, -0.15) is 0 Å². The molecule has 0 radical (unpaired) electrons. The van der Waals surface area contributed by atoms with E-state index >= 15 is 0 Å². The molecule has 1 heterocycles. The number of nitrogens with zero attached hydrogens (tertiary/aromatic N) is 1. The molecule has 0 aliphatic rings. The molecule has 0 spiro atoms. The topological polar surface area (TPSA) is 4.93 Å². The molecule has 0 aliphatic carbocycles. The standard InChI is InChI=1S/C28H25N.C14H14.C12H10.C4H10/c1-2-3-8-21-13-15-22(16-14-21)23-17-19-24(20-18-23)29-27-11-6-4-9-25(27)26-10-5-7-12-28(26)29;1-11-7-3-5-9-13(11)14-10-6-4-8-12(14)2;1-3-7-11(8-4-1)12-9-5-2-6-10-12;1-3-4-2/h4-7,9-20H,2-3,8H2,1H3;3-10H,1-2H3;1-10H;3-4H2,1-2H3. The van der Waals surface area contributed by atoms with Gasteiger partial charge in [-0.1, -0.05) is 222 Å². The molecule has 0 atom stereocenters. The van der Waals surface area contributed by atoms with E-state index in [9.17, 15) is 0 Å². The maximum atomic E-state index is 2.36. The molecule has 0 fully saturated rings. The van der Waals surface area contributed by atoms with E-state index < -0.39 is 0 Å². The number of fused-ring (bicyclic) bond motifs is 3. The van der Waals surface area contributed by atoms with Gasteiger partial charge in [0.25, 0.3) is 0 Å². The van der Waals surface area contributed by atoms with Gasteiger partial charge in [-0.3, -0.25) is 0 Å². The van der Waals surface area contributed by atoms with Crippen LogP contribution in [-0.4, -0.2) is 4.57 Å². The average molecular weight is 770 g/mol. The highest BCUT2D eigenvalue weighted by Crippen LogP contribution is 2.33. The SMILES string of the molecule is CCCC.CCCCc1ccc(-c2ccc(-n3c4ccccc4c4ccccc43)cc2)cc1.Cc1ccccc1-c1ccccc1C.c1ccc(-c2ccccc2)cc1. The second-order valence-electron chi connectivity index (χ2n) is 15.1. The normalized spacial score (nSPS) is 10.5.